The number of aromatic nitrogens is 2. The third-order valence-electron chi connectivity index (χ3n) is 2.14. The van der Waals surface area contributed by atoms with Crippen molar-refractivity contribution in [3.8, 4) is 0 Å². The van der Waals surface area contributed by atoms with Gasteiger partial charge in [-0.15, -0.1) is 0 Å². The van der Waals surface area contributed by atoms with E-state index in [1.165, 1.54) is 0 Å². The van der Waals surface area contributed by atoms with Crippen molar-refractivity contribution >= 4 is 33.3 Å². The summed E-state index contributed by atoms with van der Waals surface area (Å²) in [5, 5.41) is 5.52. The second kappa shape index (κ2) is 4.75. The summed E-state index contributed by atoms with van der Waals surface area (Å²) in [6, 6.07) is 3.55. The number of fused-ring (bicyclic) bond motifs is 1. The van der Waals surface area contributed by atoms with E-state index in [1.54, 1.807) is 6.20 Å². The van der Waals surface area contributed by atoms with E-state index in [-0.39, 0.29) is 12.1 Å². The molecule has 0 aromatic carbocycles. The fourth-order valence-corrected chi connectivity index (χ4v) is 1.84. The largest absolute Gasteiger partial charge is 0.336 e. The van der Waals surface area contributed by atoms with Crippen LogP contribution in [0.1, 0.15) is 13.8 Å². The average Bonchev–Trinajstić information content (AvgIpc) is 2.59. The molecule has 0 fully saturated rings. The van der Waals surface area contributed by atoms with Crippen LogP contribution >= 0.6 is 15.9 Å². The molecule has 0 aliphatic rings. The SMILES string of the molecule is CC(C)NC(=O)Nc1ccc2ncc(Br)n2c1. The summed E-state index contributed by atoms with van der Waals surface area (Å²) in [7, 11) is 0. The van der Waals surface area contributed by atoms with E-state index in [9.17, 15) is 4.79 Å². The highest BCUT2D eigenvalue weighted by Crippen LogP contribution is 2.16. The number of carbonyl (C=O) groups excluding carboxylic acids is 1. The maximum atomic E-state index is 11.5. The summed E-state index contributed by atoms with van der Waals surface area (Å²) in [6.45, 7) is 3.82. The minimum absolute atomic E-state index is 0.110. The Bertz CT molecular complexity index is 549. The number of imidazole rings is 1. The predicted octanol–water partition coefficient (Wildman–Crippen LogP) is 2.63. The summed E-state index contributed by atoms with van der Waals surface area (Å²) in [6.07, 6.45) is 3.53. The van der Waals surface area contributed by atoms with Gasteiger partial charge in [0.05, 0.1) is 11.9 Å². The van der Waals surface area contributed by atoms with Gasteiger partial charge in [0.25, 0.3) is 0 Å². The van der Waals surface area contributed by atoms with Crippen molar-refractivity contribution in [3.63, 3.8) is 0 Å². The lowest BCUT2D eigenvalue weighted by Crippen LogP contribution is -2.34. The van der Waals surface area contributed by atoms with Gasteiger partial charge < -0.3 is 10.6 Å². The lowest BCUT2D eigenvalue weighted by atomic mass is 10.4. The van der Waals surface area contributed by atoms with Gasteiger partial charge in [-0.25, -0.2) is 9.78 Å². The lowest BCUT2D eigenvalue weighted by molar-refractivity contribution is 0.250. The Balaban J connectivity index is 2.19. The van der Waals surface area contributed by atoms with Crippen LogP contribution in [0.3, 0.4) is 0 Å². The standard InChI is InChI=1S/C11H13BrN4O/c1-7(2)14-11(17)15-8-3-4-10-13-5-9(12)16(10)6-8/h3-7H,1-2H3,(H2,14,15,17). The number of rotatable bonds is 2. The maximum absolute atomic E-state index is 11.5. The fourth-order valence-electron chi connectivity index (χ4n) is 1.45. The Labute approximate surface area is 107 Å². The molecule has 0 spiro atoms. The number of anilines is 1. The molecule has 0 saturated heterocycles. The molecular formula is C11H13BrN4O. The quantitative estimate of drug-likeness (QED) is 0.895. The number of urea groups is 1. The van der Waals surface area contributed by atoms with E-state index < -0.39 is 0 Å². The maximum Gasteiger partial charge on any atom is 0.319 e. The molecule has 0 bridgehead atoms. The van der Waals surface area contributed by atoms with Crippen LogP contribution in [0.25, 0.3) is 5.65 Å². The van der Waals surface area contributed by atoms with Gasteiger partial charge in [-0.05, 0) is 41.9 Å². The van der Waals surface area contributed by atoms with E-state index in [0.29, 0.717) is 5.69 Å². The Hall–Kier alpha value is -1.56. The number of pyridine rings is 1. The zero-order chi connectivity index (χ0) is 12.4. The van der Waals surface area contributed by atoms with Crippen LogP contribution in [0, 0.1) is 0 Å². The molecular weight excluding hydrogens is 284 g/mol. The van der Waals surface area contributed by atoms with E-state index in [0.717, 1.165) is 10.3 Å². The van der Waals surface area contributed by atoms with Crippen LogP contribution in [0.15, 0.2) is 29.1 Å². The number of carbonyl (C=O) groups is 1. The van der Waals surface area contributed by atoms with Gasteiger partial charge in [-0.1, -0.05) is 0 Å². The van der Waals surface area contributed by atoms with Crippen molar-refractivity contribution in [2.24, 2.45) is 0 Å². The molecule has 90 valence electrons. The monoisotopic (exact) mass is 296 g/mol. The first-order chi connectivity index (χ1) is 8.06. The van der Waals surface area contributed by atoms with E-state index in [4.69, 9.17) is 0 Å². The molecule has 6 heteroatoms. The summed E-state index contributed by atoms with van der Waals surface area (Å²) < 4.78 is 2.70. The lowest BCUT2D eigenvalue weighted by Gasteiger charge is -2.10. The molecule has 2 amide bonds. The number of halogens is 1. The molecule has 2 aromatic heterocycles. The third kappa shape index (κ3) is 2.76. The van der Waals surface area contributed by atoms with Crippen molar-refractivity contribution in [1.82, 2.24) is 14.7 Å². The topological polar surface area (TPSA) is 58.4 Å². The van der Waals surface area contributed by atoms with Crippen LogP contribution < -0.4 is 10.6 Å². The van der Waals surface area contributed by atoms with E-state index >= 15 is 0 Å². The molecule has 0 atom stereocenters. The first-order valence-corrected chi connectivity index (χ1v) is 6.05. The Morgan fingerprint density at radius 2 is 2.24 bits per heavy atom. The average molecular weight is 297 g/mol. The third-order valence-corrected chi connectivity index (χ3v) is 2.72. The van der Waals surface area contributed by atoms with E-state index in [1.807, 2.05) is 36.6 Å². The van der Waals surface area contributed by atoms with Crippen LogP contribution in [-0.2, 0) is 0 Å². The van der Waals surface area contributed by atoms with Crippen LogP contribution in [-0.4, -0.2) is 21.5 Å². The zero-order valence-corrected chi connectivity index (χ0v) is 11.2. The molecule has 2 aromatic rings. The highest BCUT2D eigenvalue weighted by molar-refractivity contribution is 9.10. The second-order valence-electron chi connectivity index (χ2n) is 3.98. The summed E-state index contributed by atoms with van der Waals surface area (Å²) in [5.41, 5.74) is 1.54. The van der Waals surface area contributed by atoms with Gasteiger partial charge in [0.1, 0.15) is 10.3 Å². The Morgan fingerprint density at radius 1 is 1.47 bits per heavy atom. The second-order valence-corrected chi connectivity index (χ2v) is 4.79. The van der Waals surface area contributed by atoms with Crippen molar-refractivity contribution in [1.29, 1.82) is 0 Å². The van der Waals surface area contributed by atoms with Crippen molar-refractivity contribution in [2.75, 3.05) is 5.32 Å². The molecule has 2 rings (SSSR count). The van der Waals surface area contributed by atoms with Gasteiger partial charge in [0, 0.05) is 12.2 Å². The predicted molar refractivity (Wildman–Crippen MR) is 70.2 cm³/mol. The van der Waals surface area contributed by atoms with E-state index in [2.05, 4.69) is 31.5 Å². The summed E-state index contributed by atoms with van der Waals surface area (Å²) >= 11 is 3.38. The first kappa shape index (κ1) is 11.9. The molecule has 2 N–H and O–H groups in total. The normalized spacial score (nSPS) is 10.8. The minimum atomic E-state index is -0.212. The smallest absolute Gasteiger partial charge is 0.319 e. The van der Waals surface area contributed by atoms with Gasteiger partial charge >= 0.3 is 6.03 Å². The molecule has 2 heterocycles. The van der Waals surface area contributed by atoms with Crippen LogP contribution in [0.4, 0.5) is 10.5 Å². The highest BCUT2D eigenvalue weighted by atomic mass is 79.9. The van der Waals surface area contributed by atoms with Crippen LogP contribution in [0.5, 0.6) is 0 Å². The van der Waals surface area contributed by atoms with Gasteiger partial charge in [0.15, 0.2) is 0 Å². The highest BCUT2D eigenvalue weighted by Gasteiger charge is 2.05. The zero-order valence-electron chi connectivity index (χ0n) is 9.57. The Kier molecular flexibility index (Phi) is 3.33. The molecule has 0 unspecified atom stereocenters. The fraction of sp³-hybridized carbons (Fsp3) is 0.273. The number of hydrogen-bond acceptors (Lipinski definition) is 2. The first-order valence-electron chi connectivity index (χ1n) is 5.26. The molecule has 0 radical (unpaired) electrons. The van der Waals surface area contributed by atoms with Gasteiger partial charge in [-0.2, -0.15) is 0 Å². The molecule has 0 aliphatic carbocycles. The number of nitrogens with zero attached hydrogens (tertiary/aromatic N) is 2. The number of amides is 2. The van der Waals surface area contributed by atoms with Crippen LogP contribution in [0.2, 0.25) is 0 Å². The molecule has 0 aliphatic heterocycles. The molecule has 0 saturated carbocycles. The molecule has 17 heavy (non-hydrogen) atoms. The molecule has 5 nitrogen and oxygen atoms in total. The Morgan fingerprint density at radius 3 is 2.94 bits per heavy atom. The minimum Gasteiger partial charge on any atom is -0.336 e. The number of hydrogen-bond donors (Lipinski definition) is 2. The summed E-state index contributed by atoms with van der Waals surface area (Å²) in [4.78, 5) is 15.7. The van der Waals surface area contributed by atoms with Crippen molar-refractivity contribution < 1.29 is 4.79 Å². The van der Waals surface area contributed by atoms with Gasteiger partial charge in [-0.3, -0.25) is 4.40 Å². The van der Waals surface area contributed by atoms with Gasteiger partial charge in [0.2, 0.25) is 0 Å². The number of nitrogens with one attached hydrogen (secondary N) is 2. The van der Waals surface area contributed by atoms with Crippen molar-refractivity contribution in [3.05, 3.63) is 29.1 Å². The summed E-state index contributed by atoms with van der Waals surface area (Å²) in [5.74, 6) is 0. The van der Waals surface area contributed by atoms with Crippen molar-refractivity contribution in [2.45, 2.75) is 19.9 Å².